The summed E-state index contributed by atoms with van der Waals surface area (Å²) in [5.41, 5.74) is 0.734. The minimum absolute atomic E-state index is 0.0642. The van der Waals surface area contributed by atoms with Crippen LogP contribution in [0.4, 0.5) is 0 Å². The Balaban J connectivity index is 1.65. The van der Waals surface area contributed by atoms with E-state index in [1.807, 2.05) is 36.4 Å². The molecule has 3 nitrogen and oxygen atoms in total. The highest BCUT2D eigenvalue weighted by atomic mass is 16.5. The summed E-state index contributed by atoms with van der Waals surface area (Å²) in [7, 11) is 0. The van der Waals surface area contributed by atoms with Gasteiger partial charge in [0.15, 0.2) is 5.78 Å². The lowest BCUT2D eigenvalue weighted by atomic mass is 10.0. The fourth-order valence-corrected chi connectivity index (χ4v) is 2.60. The zero-order valence-electron chi connectivity index (χ0n) is 11.5. The molecule has 0 atom stereocenters. The number of Topliss-reactive ketones (excluding diaryl/α,β-unsaturated/α-hetero) is 1. The molecular weight excluding hydrogens is 250 g/mol. The van der Waals surface area contributed by atoms with Gasteiger partial charge in [0.1, 0.15) is 6.61 Å². The SMILES string of the molecule is O=C(COC1CCNCC1)c1ccc2ccccc2c1. The molecule has 3 heteroatoms. The largest absolute Gasteiger partial charge is 0.370 e. The van der Waals surface area contributed by atoms with Gasteiger partial charge < -0.3 is 10.1 Å². The van der Waals surface area contributed by atoms with Gasteiger partial charge in [-0.2, -0.15) is 0 Å². The van der Waals surface area contributed by atoms with Gasteiger partial charge in [0.2, 0.25) is 0 Å². The van der Waals surface area contributed by atoms with Crippen LogP contribution in [-0.2, 0) is 4.74 Å². The molecule has 1 N–H and O–H groups in total. The number of ether oxygens (including phenoxy) is 1. The molecule has 1 heterocycles. The van der Waals surface area contributed by atoms with Gasteiger partial charge in [-0.1, -0.05) is 36.4 Å². The minimum Gasteiger partial charge on any atom is -0.370 e. The van der Waals surface area contributed by atoms with E-state index in [1.54, 1.807) is 0 Å². The maximum Gasteiger partial charge on any atom is 0.188 e. The Morgan fingerprint density at radius 2 is 1.85 bits per heavy atom. The summed E-state index contributed by atoms with van der Waals surface area (Å²) in [6.07, 6.45) is 2.20. The molecule has 1 aliphatic rings. The van der Waals surface area contributed by atoms with Crippen molar-refractivity contribution < 1.29 is 9.53 Å². The van der Waals surface area contributed by atoms with Crippen LogP contribution in [0.5, 0.6) is 0 Å². The molecule has 2 aromatic carbocycles. The topological polar surface area (TPSA) is 38.3 Å². The molecule has 0 unspecified atom stereocenters. The van der Waals surface area contributed by atoms with E-state index in [2.05, 4.69) is 11.4 Å². The zero-order valence-corrected chi connectivity index (χ0v) is 11.5. The standard InChI is InChI=1S/C17H19NO2/c19-17(12-20-16-7-9-18-10-8-16)15-6-5-13-3-1-2-4-14(13)11-15/h1-6,11,16,18H,7-10,12H2. The van der Waals surface area contributed by atoms with Gasteiger partial charge in [0, 0.05) is 5.56 Å². The maximum absolute atomic E-state index is 12.2. The molecule has 20 heavy (non-hydrogen) atoms. The second kappa shape index (κ2) is 6.16. The first-order chi connectivity index (χ1) is 9.83. The van der Waals surface area contributed by atoms with Crippen LogP contribution in [0.25, 0.3) is 10.8 Å². The molecule has 0 amide bonds. The van der Waals surface area contributed by atoms with Crippen molar-refractivity contribution in [1.29, 1.82) is 0 Å². The number of piperidine rings is 1. The Hall–Kier alpha value is -1.71. The second-order valence-corrected chi connectivity index (χ2v) is 5.25. The highest BCUT2D eigenvalue weighted by Gasteiger charge is 2.15. The summed E-state index contributed by atoms with van der Waals surface area (Å²) < 4.78 is 5.72. The van der Waals surface area contributed by atoms with Gasteiger partial charge in [-0.05, 0) is 42.8 Å². The molecular formula is C17H19NO2. The quantitative estimate of drug-likeness (QED) is 0.867. The lowest BCUT2D eigenvalue weighted by Gasteiger charge is -2.22. The fraction of sp³-hybridized carbons (Fsp3) is 0.353. The molecule has 104 valence electrons. The van der Waals surface area contributed by atoms with Gasteiger partial charge in [0.05, 0.1) is 6.10 Å². The van der Waals surface area contributed by atoms with E-state index in [1.165, 1.54) is 0 Å². The van der Waals surface area contributed by atoms with Crippen molar-refractivity contribution in [3.8, 4) is 0 Å². The van der Waals surface area contributed by atoms with Crippen molar-refractivity contribution in [1.82, 2.24) is 5.32 Å². The smallest absolute Gasteiger partial charge is 0.188 e. The maximum atomic E-state index is 12.2. The Labute approximate surface area is 118 Å². The van der Waals surface area contributed by atoms with Crippen LogP contribution < -0.4 is 5.32 Å². The van der Waals surface area contributed by atoms with Gasteiger partial charge in [-0.25, -0.2) is 0 Å². The first-order valence-electron chi connectivity index (χ1n) is 7.17. The molecule has 1 aliphatic heterocycles. The number of benzene rings is 2. The molecule has 0 saturated carbocycles. The fourth-order valence-electron chi connectivity index (χ4n) is 2.60. The first-order valence-corrected chi connectivity index (χ1v) is 7.17. The average Bonchev–Trinajstić information content (AvgIpc) is 2.53. The first kappa shape index (κ1) is 13.3. The highest BCUT2D eigenvalue weighted by Crippen LogP contribution is 2.16. The molecule has 0 spiro atoms. The predicted molar refractivity (Wildman–Crippen MR) is 80.1 cm³/mol. The molecule has 0 bridgehead atoms. The summed E-state index contributed by atoms with van der Waals surface area (Å²) >= 11 is 0. The third-order valence-corrected chi connectivity index (χ3v) is 3.81. The number of hydrogen-bond acceptors (Lipinski definition) is 3. The molecule has 0 aromatic heterocycles. The zero-order chi connectivity index (χ0) is 13.8. The normalized spacial score (nSPS) is 16.4. The highest BCUT2D eigenvalue weighted by molar-refractivity contribution is 6.00. The van der Waals surface area contributed by atoms with Gasteiger partial charge in [-0.15, -0.1) is 0 Å². The Morgan fingerprint density at radius 3 is 2.65 bits per heavy atom. The van der Waals surface area contributed by atoms with Crippen LogP contribution in [0.2, 0.25) is 0 Å². The number of carbonyl (C=O) groups excluding carboxylic acids is 1. The van der Waals surface area contributed by atoms with Gasteiger partial charge in [-0.3, -0.25) is 4.79 Å². The monoisotopic (exact) mass is 269 g/mol. The number of rotatable bonds is 4. The number of hydrogen-bond donors (Lipinski definition) is 1. The van der Waals surface area contributed by atoms with E-state index >= 15 is 0 Å². The van der Waals surface area contributed by atoms with Crippen LogP contribution in [0.1, 0.15) is 23.2 Å². The summed E-state index contributed by atoms with van der Waals surface area (Å²) in [5, 5.41) is 5.54. The van der Waals surface area contributed by atoms with Crippen molar-refractivity contribution in [2.24, 2.45) is 0 Å². The van der Waals surface area contributed by atoms with Crippen LogP contribution in [-0.4, -0.2) is 31.6 Å². The Kier molecular flexibility index (Phi) is 4.09. The van der Waals surface area contributed by atoms with E-state index in [4.69, 9.17) is 4.74 Å². The third-order valence-electron chi connectivity index (χ3n) is 3.81. The Bertz CT molecular complexity index is 603. The molecule has 3 rings (SSSR count). The number of fused-ring (bicyclic) bond motifs is 1. The van der Waals surface area contributed by atoms with Gasteiger partial charge in [0.25, 0.3) is 0 Å². The lowest BCUT2D eigenvalue weighted by molar-refractivity contribution is 0.0318. The van der Waals surface area contributed by atoms with E-state index in [0.29, 0.717) is 0 Å². The van der Waals surface area contributed by atoms with Crippen LogP contribution in [0.3, 0.4) is 0 Å². The molecule has 0 radical (unpaired) electrons. The summed E-state index contributed by atoms with van der Waals surface area (Å²) in [5.74, 6) is 0.0642. The van der Waals surface area contributed by atoms with Crippen LogP contribution in [0, 0.1) is 0 Å². The summed E-state index contributed by atoms with van der Waals surface area (Å²) in [6.45, 7) is 2.15. The van der Waals surface area contributed by atoms with Crippen molar-refractivity contribution in [3.05, 3.63) is 48.0 Å². The molecule has 1 saturated heterocycles. The average molecular weight is 269 g/mol. The predicted octanol–water partition coefficient (Wildman–Crippen LogP) is 2.79. The van der Waals surface area contributed by atoms with E-state index in [0.717, 1.165) is 42.3 Å². The van der Waals surface area contributed by atoms with Gasteiger partial charge >= 0.3 is 0 Å². The minimum atomic E-state index is 0.0642. The third kappa shape index (κ3) is 3.06. The molecule has 2 aromatic rings. The van der Waals surface area contributed by atoms with Crippen LogP contribution >= 0.6 is 0 Å². The molecule has 0 aliphatic carbocycles. The summed E-state index contributed by atoms with van der Waals surface area (Å²) in [4.78, 5) is 12.2. The number of carbonyl (C=O) groups is 1. The van der Waals surface area contributed by atoms with E-state index in [9.17, 15) is 4.79 Å². The van der Waals surface area contributed by atoms with E-state index < -0.39 is 0 Å². The second-order valence-electron chi connectivity index (χ2n) is 5.25. The van der Waals surface area contributed by atoms with Crippen molar-refractivity contribution >= 4 is 16.6 Å². The van der Waals surface area contributed by atoms with E-state index in [-0.39, 0.29) is 18.5 Å². The lowest BCUT2D eigenvalue weighted by Crippen LogP contribution is -2.33. The van der Waals surface area contributed by atoms with Crippen molar-refractivity contribution in [2.75, 3.05) is 19.7 Å². The van der Waals surface area contributed by atoms with Crippen molar-refractivity contribution in [2.45, 2.75) is 18.9 Å². The Morgan fingerprint density at radius 1 is 1.10 bits per heavy atom. The van der Waals surface area contributed by atoms with Crippen LogP contribution in [0.15, 0.2) is 42.5 Å². The summed E-state index contributed by atoms with van der Waals surface area (Å²) in [6, 6.07) is 13.9. The van der Waals surface area contributed by atoms with Crippen molar-refractivity contribution in [3.63, 3.8) is 0 Å². The number of nitrogens with one attached hydrogen (secondary N) is 1. The number of ketones is 1. The molecule has 1 fully saturated rings.